The first-order chi connectivity index (χ1) is 14.0. The number of urea groups is 1. The van der Waals surface area contributed by atoms with Crippen LogP contribution in [-0.4, -0.2) is 47.4 Å². The molecule has 1 N–H and O–H groups in total. The number of anilines is 1. The van der Waals surface area contributed by atoms with Crippen LogP contribution in [0.5, 0.6) is 0 Å². The van der Waals surface area contributed by atoms with Crippen LogP contribution in [0.15, 0.2) is 22.7 Å². The fraction of sp³-hybridized carbons (Fsp3) is 0.591. The number of carbonyl (C=O) groups excluding carboxylic acids is 1. The highest BCUT2D eigenvalue weighted by atomic mass is 16.5. The number of nitrogens with one attached hydrogen (secondary N) is 1. The van der Waals surface area contributed by atoms with E-state index in [1.54, 1.807) is 0 Å². The molecule has 2 aliphatic rings. The van der Waals surface area contributed by atoms with Crippen LogP contribution >= 0.6 is 0 Å². The molecule has 1 aromatic heterocycles. The number of ether oxygens (including phenoxy) is 1. The van der Waals surface area contributed by atoms with Gasteiger partial charge in [-0.2, -0.15) is 4.98 Å². The van der Waals surface area contributed by atoms with Crippen molar-refractivity contribution in [3.63, 3.8) is 0 Å². The molecule has 3 heterocycles. The molecule has 0 spiro atoms. The van der Waals surface area contributed by atoms with Crippen LogP contribution < -0.4 is 5.32 Å². The number of hydrogen-bond donors (Lipinski definition) is 1. The van der Waals surface area contributed by atoms with E-state index in [9.17, 15) is 4.79 Å². The van der Waals surface area contributed by atoms with Crippen LogP contribution in [0.3, 0.4) is 0 Å². The second kappa shape index (κ2) is 8.14. The fourth-order valence-corrected chi connectivity index (χ4v) is 4.27. The number of aromatic nitrogens is 2. The van der Waals surface area contributed by atoms with Gasteiger partial charge in [-0.3, -0.25) is 0 Å². The summed E-state index contributed by atoms with van der Waals surface area (Å²) in [4.78, 5) is 19.6. The molecule has 29 heavy (non-hydrogen) atoms. The lowest BCUT2D eigenvalue weighted by Gasteiger charge is -2.38. The highest BCUT2D eigenvalue weighted by Crippen LogP contribution is 2.34. The van der Waals surface area contributed by atoms with Crippen LogP contribution in [0.1, 0.15) is 61.4 Å². The Morgan fingerprint density at radius 3 is 2.86 bits per heavy atom. The standard InChI is InChI=1S/C22H30N4O3/c1-15-6-4-7-18(16(15)2)23-21(27)26-11-5-10-22(3,14-26)20-24-19(29-25-20)17-8-12-28-13-9-17/h4,6-7,17H,5,8-14H2,1-3H3,(H,23,27). The van der Waals surface area contributed by atoms with Crippen molar-refractivity contribution in [1.82, 2.24) is 15.0 Å². The number of likely N-dealkylation sites (tertiary alicyclic amines) is 1. The SMILES string of the molecule is Cc1cccc(NC(=O)N2CCCC(C)(c3noc(C4CCOCC4)n3)C2)c1C. The van der Waals surface area contributed by atoms with E-state index in [1.807, 2.05) is 24.0 Å². The van der Waals surface area contributed by atoms with Gasteiger partial charge in [0.1, 0.15) is 0 Å². The van der Waals surface area contributed by atoms with Gasteiger partial charge in [-0.05, 0) is 56.7 Å². The Morgan fingerprint density at radius 2 is 2.07 bits per heavy atom. The third-order valence-corrected chi connectivity index (χ3v) is 6.38. The van der Waals surface area contributed by atoms with E-state index in [2.05, 4.69) is 30.4 Å². The summed E-state index contributed by atoms with van der Waals surface area (Å²) in [5.74, 6) is 1.70. The Hall–Kier alpha value is -2.41. The molecule has 4 rings (SSSR count). The molecule has 0 aliphatic carbocycles. The van der Waals surface area contributed by atoms with Gasteiger partial charge in [0.15, 0.2) is 5.82 Å². The van der Waals surface area contributed by atoms with Gasteiger partial charge in [0.05, 0.1) is 0 Å². The Bertz CT molecular complexity index is 875. The van der Waals surface area contributed by atoms with Crippen molar-refractivity contribution in [2.45, 2.75) is 57.8 Å². The second-order valence-electron chi connectivity index (χ2n) is 8.61. The predicted octanol–water partition coefficient (Wildman–Crippen LogP) is 4.17. The smallest absolute Gasteiger partial charge is 0.321 e. The summed E-state index contributed by atoms with van der Waals surface area (Å²) in [5.41, 5.74) is 2.83. The molecule has 2 fully saturated rings. The third-order valence-electron chi connectivity index (χ3n) is 6.38. The summed E-state index contributed by atoms with van der Waals surface area (Å²) in [5, 5.41) is 7.38. The first-order valence-electron chi connectivity index (χ1n) is 10.5. The fourth-order valence-electron chi connectivity index (χ4n) is 4.27. The predicted molar refractivity (Wildman–Crippen MR) is 110 cm³/mol. The molecule has 2 aromatic rings. The molecule has 156 valence electrons. The molecule has 0 bridgehead atoms. The maximum Gasteiger partial charge on any atom is 0.321 e. The average Bonchev–Trinajstić information content (AvgIpc) is 3.23. The first-order valence-corrected chi connectivity index (χ1v) is 10.5. The number of benzene rings is 1. The van der Waals surface area contributed by atoms with Crippen molar-refractivity contribution in [2.24, 2.45) is 0 Å². The summed E-state index contributed by atoms with van der Waals surface area (Å²) in [6, 6.07) is 5.89. The number of nitrogens with zero attached hydrogens (tertiary/aromatic N) is 3. The molecule has 1 unspecified atom stereocenters. The van der Waals surface area contributed by atoms with Crippen LogP contribution in [-0.2, 0) is 10.2 Å². The Morgan fingerprint density at radius 1 is 1.28 bits per heavy atom. The molecule has 7 heteroatoms. The van der Waals surface area contributed by atoms with E-state index in [1.165, 1.54) is 5.56 Å². The quantitative estimate of drug-likeness (QED) is 0.839. The maximum absolute atomic E-state index is 12.9. The molecule has 7 nitrogen and oxygen atoms in total. The third kappa shape index (κ3) is 4.15. The molecule has 1 atom stereocenters. The van der Waals surface area contributed by atoms with Crippen molar-refractivity contribution in [2.75, 3.05) is 31.6 Å². The van der Waals surface area contributed by atoms with Crippen LogP contribution in [0.25, 0.3) is 0 Å². The van der Waals surface area contributed by atoms with Gasteiger partial charge in [-0.25, -0.2) is 4.79 Å². The lowest BCUT2D eigenvalue weighted by molar-refractivity contribution is 0.0778. The van der Waals surface area contributed by atoms with Gasteiger partial charge in [0.25, 0.3) is 0 Å². The summed E-state index contributed by atoms with van der Waals surface area (Å²) < 4.78 is 11.0. The molecular formula is C22H30N4O3. The molecule has 0 saturated carbocycles. The highest BCUT2D eigenvalue weighted by molar-refractivity contribution is 5.90. The number of piperidine rings is 1. The first kappa shape index (κ1) is 19.9. The normalized spacial score (nSPS) is 23.2. The molecular weight excluding hydrogens is 368 g/mol. The minimum atomic E-state index is -0.301. The topological polar surface area (TPSA) is 80.5 Å². The van der Waals surface area contributed by atoms with E-state index in [0.29, 0.717) is 18.3 Å². The minimum absolute atomic E-state index is 0.0715. The molecule has 2 amide bonds. The lowest BCUT2D eigenvalue weighted by Crippen LogP contribution is -2.49. The van der Waals surface area contributed by atoms with Crippen LogP contribution in [0.2, 0.25) is 0 Å². The number of aryl methyl sites for hydroxylation is 1. The Labute approximate surface area is 171 Å². The monoisotopic (exact) mass is 398 g/mol. The second-order valence-corrected chi connectivity index (χ2v) is 8.61. The summed E-state index contributed by atoms with van der Waals surface area (Å²) in [6.45, 7) is 9.01. The van der Waals surface area contributed by atoms with E-state index in [-0.39, 0.29) is 17.4 Å². The molecule has 2 aliphatic heterocycles. The molecule has 1 aromatic carbocycles. The van der Waals surface area contributed by atoms with Gasteiger partial charge < -0.3 is 19.5 Å². The molecule has 0 radical (unpaired) electrons. The van der Waals surface area contributed by atoms with Crippen molar-refractivity contribution >= 4 is 11.7 Å². The number of carbonyl (C=O) groups is 1. The van der Waals surface area contributed by atoms with Gasteiger partial charge in [-0.1, -0.05) is 24.2 Å². The number of amides is 2. The van der Waals surface area contributed by atoms with E-state index in [0.717, 1.165) is 56.7 Å². The van der Waals surface area contributed by atoms with Gasteiger partial charge in [0.2, 0.25) is 5.89 Å². The van der Waals surface area contributed by atoms with E-state index in [4.69, 9.17) is 14.2 Å². The summed E-state index contributed by atoms with van der Waals surface area (Å²) in [6.07, 6.45) is 3.69. The highest BCUT2D eigenvalue weighted by Gasteiger charge is 2.39. The van der Waals surface area contributed by atoms with E-state index < -0.39 is 0 Å². The zero-order valence-corrected chi connectivity index (χ0v) is 17.5. The zero-order chi connectivity index (χ0) is 20.4. The van der Waals surface area contributed by atoms with Crippen molar-refractivity contribution in [3.8, 4) is 0 Å². The summed E-state index contributed by atoms with van der Waals surface area (Å²) >= 11 is 0. The minimum Gasteiger partial charge on any atom is -0.381 e. The average molecular weight is 399 g/mol. The van der Waals surface area contributed by atoms with Crippen LogP contribution in [0.4, 0.5) is 10.5 Å². The van der Waals surface area contributed by atoms with Crippen LogP contribution in [0, 0.1) is 13.8 Å². The van der Waals surface area contributed by atoms with Crippen molar-refractivity contribution in [1.29, 1.82) is 0 Å². The van der Waals surface area contributed by atoms with Gasteiger partial charge in [-0.15, -0.1) is 0 Å². The van der Waals surface area contributed by atoms with Gasteiger partial charge in [0, 0.05) is 43.3 Å². The Balaban J connectivity index is 1.46. The summed E-state index contributed by atoms with van der Waals surface area (Å²) in [7, 11) is 0. The van der Waals surface area contributed by atoms with Gasteiger partial charge >= 0.3 is 6.03 Å². The zero-order valence-electron chi connectivity index (χ0n) is 17.5. The molecule has 2 saturated heterocycles. The lowest BCUT2D eigenvalue weighted by atomic mass is 9.81. The number of hydrogen-bond acceptors (Lipinski definition) is 5. The maximum atomic E-state index is 12.9. The largest absolute Gasteiger partial charge is 0.381 e. The van der Waals surface area contributed by atoms with E-state index >= 15 is 0 Å². The Kier molecular flexibility index (Phi) is 5.58. The van der Waals surface area contributed by atoms with Crippen molar-refractivity contribution in [3.05, 3.63) is 41.0 Å². The van der Waals surface area contributed by atoms with Crippen molar-refractivity contribution < 1.29 is 14.1 Å². The number of rotatable bonds is 3.